The van der Waals surface area contributed by atoms with Crippen LogP contribution >= 0.6 is 11.6 Å². The molecule has 7 heteroatoms. The van der Waals surface area contributed by atoms with Gasteiger partial charge in [-0.2, -0.15) is 0 Å². The summed E-state index contributed by atoms with van der Waals surface area (Å²) < 4.78 is 4.92. The quantitative estimate of drug-likeness (QED) is 0.492. The van der Waals surface area contributed by atoms with E-state index >= 15 is 0 Å². The van der Waals surface area contributed by atoms with Crippen LogP contribution in [0.1, 0.15) is 27.6 Å². The molecule has 0 aliphatic carbocycles. The number of anilines is 2. The first-order valence-electron chi connectivity index (χ1n) is 7.00. The molecular weight excluding hydrogens is 332 g/mol. The van der Waals surface area contributed by atoms with Crippen LogP contribution in [0.3, 0.4) is 0 Å². The molecule has 0 bridgehead atoms. The number of ketones is 1. The van der Waals surface area contributed by atoms with Gasteiger partial charge >= 0.3 is 5.97 Å². The SMILES string of the molecule is CC(=O)c1cccc(NC(=O)COC(=O)c2cccc(Cl)c2N)c1. The van der Waals surface area contributed by atoms with E-state index in [-0.39, 0.29) is 22.1 Å². The number of amides is 1. The summed E-state index contributed by atoms with van der Waals surface area (Å²) in [6.07, 6.45) is 0. The maximum atomic E-state index is 11.9. The molecule has 24 heavy (non-hydrogen) atoms. The Bertz CT molecular complexity index is 805. The topological polar surface area (TPSA) is 98.5 Å². The Balaban J connectivity index is 1.96. The van der Waals surface area contributed by atoms with Gasteiger partial charge in [-0.15, -0.1) is 0 Å². The number of carbonyl (C=O) groups is 3. The number of nitrogens with one attached hydrogen (secondary N) is 1. The molecule has 2 rings (SSSR count). The molecule has 0 heterocycles. The van der Waals surface area contributed by atoms with Crippen molar-refractivity contribution >= 4 is 40.6 Å². The zero-order valence-corrected chi connectivity index (χ0v) is 13.6. The van der Waals surface area contributed by atoms with E-state index in [0.717, 1.165) is 0 Å². The Morgan fingerprint density at radius 3 is 2.58 bits per heavy atom. The second kappa shape index (κ2) is 7.61. The van der Waals surface area contributed by atoms with Crippen molar-refractivity contribution in [2.45, 2.75) is 6.92 Å². The zero-order valence-electron chi connectivity index (χ0n) is 12.8. The monoisotopic (exact) mass is 346 g/mol. The Kier molecular flexibility index (Phi) is 5.55. The van der Waals surface area contributed by atoms with Gasteiger partial charge in [-0.1, -0.05) is 29.8 Å². The van der Waals surface area contributed by atoms with E-state index in [4.69, 9.17) is 22.1 Å². The molecule has 0 atom stereocenters. The fourth-order valence-corrected chi connectivity index (χ4v) is 2.11. The second-order valence-corrected chi connectivity index (χ2v) is 5.37. The van der Waals surface area contributed by atoms with Gasteiger partial charge in [0.1, 0.15) is 0 Å². The minimum absolute atomic E-state index is 0.0916. The van der Waals surface area contributed by atoms with Crippen LogP contribution in [0.2, 0.25) is 5.02 Å². The summed E-state index contributed by atoms with van der Waals surface area (Å²) in [4.78, 5) is 35.1. The van der Waals surface area contributed by atoms with Crippen LogP contribution in [0.25, 0.3) is 0 Å². The normalized spacial score (nSPS) is 10.1. The smallest absolute Gasteiger partial charge is 0.340 e. The molecule has 2 aromatic rings. The van der Waals surface area contributed by atoms with Crippen LogP contribution in [-0.2, 0) is 9.53 Å². The summed E-state index contributed by atoms with van der Waals surface area (Å²) in [7, 11) is 0. The molecule has 124 valence electrons. The maximum Gasteiger partial charge on any atom is 0.340 e. The molecule has 3 N–H and O–H groups in total. The number of rotatable bonds is 5. The minimum atomic E-state index is -0.748. The Labute approximate surface area is 143 Å². The highest BCUT2D eigenvalue weighted by atomic mass is 35.5. The minimum Gasteiger partial charge on any atom is -0.452 e. The van der Waals surface area contributed by atoms with Crippen LogP contribution in [0.4, 0.5) is 11.4 Å². The van der Waals surface area contributed by atoms with Crippen LogP contribution in [-0.4, -0.2) is 24.3 Å². The number of nitrogen functional groups attached to an aromatic ring is 1. The molecule has 0 aromatic heterocycles. The summed E-state index contributed by atoms with van der Waals surface area (Å²) >= 11 is 5.83. The fourth-order valence-electron chi connectivity index (χ4n) is 1.94. The summed E-state index contributed by atoms with van der Waals surface area (Å²) in [5, 5.41) is 2.78. The predicted octanol–water partition coefficient (Wildman–Crippen LogP) is 2.92. The molecule has 0 saturated heterocycles. The number of ether oxygens (including phenoxy) is 1. The fraction of sp³-hybridized carbons (Fsp3) is 0.118. The van der Waals surface area contributed by atoms with E-state index in [1.54, 1.807) is 30.3 Å². The number of hydrogen-bond donors (Lipinski definition) is 2. The lowest BCUT2D eigenvalue weighted by Gasteiger charge is -2.09. The molecule has 0 spiro atoms. The lowest BCUT2D eigenvalue weighted by Crippen LogP contribution is -2.21. The standard InChI is InChI=1S/C17H15ClN2O4/c1-10(21)11-4-2-5-12(8-11)20-15(22)9-24-17(23)13-6-3-7-14(18)16(13)19/h2-8H,9,19H2,1H3,(H,20,22). The number of nitrogens with two attached hydrogens (primary N) is 1. The summed E-state index contributed by atoms with van der Waals surface area (Å²) in [6, 6.07) is 11.0. The molecule has 0 saturated carbocycles. The summed E-state index contributed by atoms with van der Waals surface area (Å²) in [5.41, 5.74) is 6.79. The molecule has 6 nitrogen and oxygen atoms in total. The first kappa shape index (κ1) is 17.5. The van der Waals surface area contributed by atoms with E-state index in [2.05, 4.69) is 5.32 Å². The van der Waals surface area contributed by atoms with Gasteiger partial charge in [0, 0.05) is 11.3 Å². The third-order valence-electron chi connectivity index (χ3n) is 3.16. The summed E-state index contributed by atoms with van der Waals surface area (Å²) in [5.74, 6) is -1.40. The Morgan fingerprint density at radius 1 is 1.17 bits per heavy atom. The summed E-state index contributed by atoms with van der Waals surface area (Å²) in [6.45, 7) is 0.938. The van der Waals surface area contributed by atoms with Gasteiger partial charge in [0.15, 0.2) is 12.4 Å². The second-order valence-electron chi connectivity index (χ2n) is 4.96. The first-order valence-corrected chi connectivity index (χ1v) is 7.38. The lowest BCUT2D eigenvalue weighted by atomic mass is 10.1. The highest BCUT2D eigenvalue weighted by molar-refractivity contribution is 6.33. The lowest BCUT2D eigenvalue weighted by molar-refractivity contribution is -0.119. The van der Waals surface area contributed by atoms with Crippen molar-refractivity contribution in [3.05, 3.63) is 58.6 Å². The highest BCUT2D eigenvalue weighted by Gasteiger charge is 2.15. The number of esters is 1. The molecule has 0 fully saturated rings. The highest BCUT2D eigenvalue weighted by Crippen LogP contribution is 2.22. The van der Waals surface area contributed by atoms with E-state index in [9.17, 15) is 14.4 Å². The molecule has 1 amide bonds. The number of benzene rings is 2. The van der Waals surface area contributed by atoms with Gasteiger partial charge in [0.2, 0.25) is 0 Å². The van der Waals surface area contributed by atoms with Crippen LogP contribution in [0, 0.1) is 0 Å². The van der Waals surface area contributed by atoms with Gasteiger partial charge in [-0.25, -0.2) is 4.79 Å². The molecule has 0 radical (unpaired) electrons. The molecule has 0 aliphatic rings. The maximum absolute atomic E-state index is 11.9. The van der Waals surface area contributed by atoms with Crippen molar-refractivity contribution in [1.82, 2.24) is 0 Å². The first-order chi connectivity index (χ1) is 11.4. The Morgan fingerprint density at radius 2 is 1.88 bits per heavy atom. The van der Waals surface area contributed by atoms with E-state index in [1.165, 1.54) is 19.1 Å². The van der Waals surface area contributed by atoms with Crippen LogP contribution in [0.5, 0.6) is 0 Å². The van der Waals surface area contributed by atoms with Gasteiger partial charge in [0.05, 0.1) is 16.3 Å². The zero-order chi connectivity index (χ0) is 17.7. The van der Waals surface area contributed by atoms with Crippen molar-refractivity contribution in [3.63, 3.8) is 0 Å². The average molecular weight is 347 g/mol. The van der Waals surface area contributed by atoms with Crippen LogP contribution < -0.4 is 11.1 Å². The molecular formula is C17H15ClN2O4. The van der Waals surface area contributed by atoms with Gasteiger partial charge in [-0.05, 0) is 31.2 Å². The third kappa shape index (κ3) is 4.33. The van der Waals surface area contributed by atoms with Crippen molar-refractivity contribution in [2.24, 2.45) is 0 Å². The molecule has 0 aliphatic heterocycles. The van der Waals surface area contributed by atoms with Crippen LogP contribution in [0.15, 0.2) is 42.5 Å². The number of para-hydroxylation sites is 1. The third-order valence-corrected chi connectivity index (χ3v) is 3.49. The van der Waals surface area contributed by atoms with Gasteiger partial charge in [0.25, 0.3) is 5.91 Å². The van der Waals surface area contributed by atoms with Crippen molar-refractivity contribution < 1.29 is 19.1 Å². The predicted molar refractivity (Wildman–Crippen MR) is 91.2 cm³/mol. The van der Waals surface area contributed by atoms with E-state index in [1.807, 2.05) is 0 Å². The van der Waals surface area contributed by atoms with Crippen molar-refractivity contribution in [1.29, 1.82) is 0 Å². The van der Waals surface area contributed by atoms with Gasteiger partial charge < -0.3 is 15.8 Å². The van der Waals surface area contributed by atoms with Crippen molar-refractivity contribution in [3.8, 4) is 0 Å². The Hall–Kier alpha value is -2.86. The van der Waals surface area contributed by atoms with Crippen molar-refractivity contribution in [2.75, 3.05) is 17.7 Å². The molecule has 0 unspecified atom stereocenters. The molecule has 2 aromatic carbocycles. The number of hydrogen-bond acceptors (Lipinski definition) is 5. The van der Waals surface area contributed by atoms with E-state index < -0.39 is 18.5 Å². The number of Topliss-reactive ketones (excluding diaryl/α,β-unsaturated/α-hetero) is 1. The average Bonchev–Trinajstić information content (AvgIpc) is 2.55. The van der Waals surface area contributed by atoms with E-state index in [0.29, 0.717) is 11.3 Å². The largest absolute Gasteiger partial charge is 0.452 e. The number of halogens is 1. The van der Waals surface area contributed by atoms with Gasteiger partial charge in [-0.3, -0.25) is 9.59 Å². The number of carbonyl (C=O) groups excluding carboxylic acids is 3.